The van der Waals surface area contributed by atoms with Crippen molar-refractivity contribution in [1.82, 2.24) is 4.90 Å². The van der Waals surface area contributed by atoms with Gasteiger partial charge in [0.25, 0.3) is 0 Å². The number of carbonyl (C=O) groups excluding carboxylic acids is 1. The number of ether oxygens (including phenoxy) is 1. The number of nitrogens with zero attached hydrogens (tertiary/aromatic N) is 1. The summed E-state index contributed by atoms with van der Waals surface area (Å²) in [6.07, 6.45) is 0.609. The maximum atomic E-state index is 12.9. The Morgan fingerprint density at radius 3 is 2.09 bits per heavy atom. The number of amides is 1. The maximum absolute atomic E-state index is 12.9. The zero-order valence-corrected chi connectivity index (χ0v) is 20.6. The monoisotopic (exact) mass is 509 g/mol. The fourth-order valence-electron chi connectivity index (χ4n) is 5.31. The predicted octanol–water partition coefficient (Wildman–Crippen LogP) is 6.65. The average Bonchev–Trinajstić information content (AvgIpc) is 3.19. The summed E-state index contributed by atoms with van der Waals surface area (Å²) >= 11 is 12.1. The number of piperidine rings is 1. The molecule has 1 fully saturated rings. The highest BCUT2D eigenvalue weighted by molar-refractivity contribution is 6.42. The number of carboxylic acids is 1. The Kier molecular flexibility index (Phi) is 6.47. The van der Waals surface area contributed by atoms with Gasteiger partial charge in [0.1, 0.15) is 6.61 Å². The van der Waals surface area contributed by atoms with Crippen molar-refractivity contribution in [2.75, 3.05) is 19.7 Å². The zero-order chi connectivity index (χ0) is 24.6. The van der Waals surface area contributed by atoms with Gasteiger partial charge in [0.2, 0.25) is 0 Å². The Hall–Kier alpha value is -3.02. The van der Waals surface area contributed by atoms with Gasteiger partial charge >= 0.3 is 12.1 Å². The molecule has 35 heavy (non-hydrogen) atoms. The Labute approximate surface area is 214 Å². The lowest BCUT2D eigenvalue weighted by Crippen LogP contribution is -2.47. The standard InChI is InChI=1S/C28H25Cl2NO4/c29-24-10-9-18(15-25(24)30)16-28(26(32)33)11-13-31(14-12-28)27(34)35-17-23-21-7-3-1-5-19(21)20-6-2-4-8-22(20)23/h1-10,15,23H,11-14,16-17H2,(H,32,33). The molecule has 0 spiro atoms. The molecule has 0 aromatic heterocycles. The number of carbonyl (C=O) groups is 2. The van der Waals surface area contributed by atoms with Gasteiger partial charge < -0.3 is 14.7 Å². The number of halogens is 2. The van der Waals surface area contributed by atoms with Crippen molar-refractivity contribution < 1.29 is 19.4 Å². The Bertz CT molecular complexity index is 1240. The number of likely N-dealkylation sites (tertiary alicyclic amines) is 1. The van der Waals surface area contributed by atoms with Crippen LogP contribution in [0.4, 0.5) is 4.79 Å². The molecule has 0 bridgehead atoms. The summed E-state index contributed by atoms with van der Waals surface area (Å²) in [7, 11) is 0. The molecule has 1 aliphatic heterocycles. The number of rotatable bonds is 5. The highest BCUT2D eigenvalue weighted by Gasteiger charge is 2.43. The van der Waals surface area contributed by atoms with Crippen molar-refractivity contribution in [2.24, 2.45) is 5.41 Å². The van der Waals surface area contributed by atoms with Crippen LogP contribution >= 0.6 is 23.2 Å². The van der Waals surface area contributed by atoms with Crippen molar-refractivity contribution in [3.63, 3.8) is 0 Å². The van der Waals surface area contributed by atoms with E-state index in [1.807, 2.05) is 24.3 Å². The Balaban J connectivity index is 1.24. The van der Waals surface area contributed by atoms with Gasteiger partial charge in [-0.3, -0.25) is 4.79 Å². The second-order valence-corrected chi connectivity index (χ2v) is 10.1. The SMILES string of the molecule is O=C(OCC1c2ccccc2-c2ccccc21)N1CCC(Cc2ccc(Cl)c(Cl)c2)(C(=O)O)CC1. The molecule has 5 rings (SSSR count). The normalized spacial score (nSPS) is 16.5. The number of fused-ring (bicyclic) bond motifs is 3. The quantitative estimate of drug-likeness (QED) is 0.417. The third-order valence-corrected chi connectivity index (χ3v) is 8.03. The number of aliphatic carboxylic acids is 1. The molecule has 5 nitrogen and oxygen atoms in total. The third kappa shape index (κ3) is 4.51. The van der Waals surface area contributed by atoms with E-state index in [2.05, 4.69) is 24.3 Å². The minimum atomic E-state index is -0.961. The summed E-state index contributed by atoms with van der Waals surface area (Å²) in [5, 5.41) is 10.9. The minimum absolute atomic E-state index is 0.0103. The van der Waals surface area contributed by atoms with E-state index < -0.39 is 17.5 Å². The molecule has 7 heteroatoms. The summed E-state index contributed by atoms with van der Waals surface area (Å²) < 4.78 is 5.76. The highest BCUT2D eigenvalue weighted by Crippen LogP contribution is 2.44. The van der Waals surface area contributed by atoms with Crippen LogP contribution in [-0.2, 0) is 16.0 Å². The van der Waals surface area contributed by atoms with Crippen LogP contribution in [-0.4, -0.2) is 41.8 Å². The van der Waals surface area contributed by atoms with Crippen LogP contribution < -0.4 is 0 Å². The molecule has 1 saturated heterocycles. The average molecular weight is 510 g/mol. The van der Waals surface area contributed by atoms with E-state index >= 15 is 0 Å². The van der Waals surface area contributed by atoms with Crippen molar-refractivity contribution in [1.29, 1.82) is 0 Å². The molecule has 0 saturated carbocycles. The molecular weight excluding hydrogens is 485 g/mol. The van der Waals surface area contributed by atoms with Crippen molar-refractivity contribution in [3.05, 3.63) is 93.5 Å². The third-order valence-electron chi connectivity index (χ3n) is 7.30. The van der Waals surface area contributed by atoms with Crippen LogP contribution in [0.1, 0.15) is 35.4 Å². The molecule has 1 aliphatic carbocycles. The topological polar surface area (TPSA) is 66.8 Å². The van der Waals surface area contributed by atoms with Crippen molar-refractivity contribution in [2.45, 2.75) is 25.2 Å². The lowest BCUT2D eigenvalue weighted by Gasteiger charge is -2.38. The zero-order valence-electron chi connectivity index (χ0n) is 19.0. The molecule has 3 aromatic rings. The number of carboxylic acid groups (broad SMARTS) is 1. The summed E-state index contributed by atoms with van der Waals surface area (Å²) in [5.41, 5.74) is 4.53. The number of hydrogen-bond acceptors (Lipinski definition) is 3. The first-order valence-corrected chi connectivity index (χ1v) is 12.4. The van der Waals surface area contributed by atoms with E-state index in [1.54, 1.807) is 23.1 Å². The molecule has 0 radical (unpaired) electrons. The van der Waals surface area contributed by atoms with Crippen LogP contribution in [0.3, 0.4) is 0 Å². The summed E-state index contributed by atoms with van der Waals surface area (Å²) in [6.45, 7) is 0.894. The van der Waals surface area contributed by atoms with Gasteiger partial charge in [0.05, 0.1) is 15.5 Å². The summed E-state index contributed by atoms with van der Waals surface area (Å²) in [4.78, 5) is 26.8. The first-order valence-electron chi connectivity index (χ1n) is 11.7. The van der Waals surface area contributed by atoms with Crippen LogP contribution in [0.25, 0.3) is 11.1 Å². The molecule has 3 aromatic carbocycles. The second-order valence-electron chi connectivity index (χ2n) is 9.30. The molecule has 2 aliphatic rings. The first kappa shape index (κ1) is 23.7. The van der Waals surface area contributed by atoms with E-state index in [-0.39, 0.29) is 12.5 Å². The molecule has 180 valence electrons. The van der Waals surface area contributed by atoms with Gasteiger partial charge in [-0.15, -0.1) is 0 Å². The summed E-state index contributed by atoms with van der Waals surface area (Å²) in [5.74, 6) is -0.875. The van der Waals surface area contributed by atoms with Gasteiger partial charge in [0, 0.05) is 19.0 Å². The Morgan fingerprint density at radius 2 is 1.51 bits per heavy atom. The number of hydrogen-bond donors (Lipinski definition) is 1. The molecule has 0 unspecified atom stereocenters. The van der Waals surface area contributed by atoms with E-state index in [0.29, 0.717) is 42.4 Å². The number of benzene rings is 3. The summed E-state index contributed by atoms with van der Waals surface area (Å²) in [6, 6.07) is 21.6. The van der Waals surface area contributed by atoms with E-state index in [0.717, 1.165) is 16.7 Å². The van der Waals surface area contributed by atoms with Crippen LogP contribution in [0, 0.1) is 5.41 Å². The van der Waals surface area contributed by atoms with Crippen LogP contribution in [0.5, 0.6) is 0 Å². The van der Waals surface area contributed by atoms with E-state index in [4.69, 9.17) is 27.9 Å². The fourth-order valence-corrected chi connectivity index (χ4v) is 5.63. The minimum Gasteiger partial charge on any atom is -0.481 e. The van der Waals surface area contributed by atoms with Gasteiger partial charge in [-0.25, -0.2) is 4.79 Å². The smallest absolute Gasteiger partial charge is 0.409 e. The van der Waals surface area contributed by atoms with Gasteiger partial charge in [-0.2, -0.15) is 0 Å². The molecule has 0 atom stereocenters. The maximum Gasteiger partial charge on any atom is 0.409 e. The van der Waals surface area contributed by atoms with Crippen molar-refractivity contribution in [3.8, 4) is 11.1 Å². The van der Waals surface area contributed by atoms with E-state index in [9.17, 15) is 14.7 Å². The molecule has 1 amide bonds. The largest absolute Gasteiger partial charge is 0.481 e. The van der Waals surface area contributed by atoms with Crippen LogP contribution in [0.2, 0.25) is 10.0 Å². The lowest BCUT2D eigenvalue weighted by atomic mass is 9.74. The Morgan fingerprint density at radius 1 is 0.914 bits per heavy atom. The second kappa shape index (κ2) is 9.56. The van der Waals surface area contributed by atoms with Crippen molar-refractivity contribution >= 4 is 35.3 Å². The predicted molar refractivity (Wildman–Crippen MR) is 136 cm³/mol. The highest BCUT2D eigenvalue weighted by atomic mass is 35.5. The lowest BCUT2D eigenvalue weighted by molar-refractivity contribution is -0.151. The first-order chi connectivity index (χ1) is 16.9. The molecule has 1 N–H and O–H groups in total. The molecular formula is C28H25Cl2NO4. The van der Waals surface area contributed by atoms with Gasteiger partial charge in [-0.05, 0) is 59.2 Å². The van der Waals surface area contributed by atoms with Gasteiger partial charge in [0.15, 0.2) is 0 Å². The fraction of sp³-hybridized carbons (Fsp3) is 0.286. The van der Waals surface area contributed by atoms with Gasteiger partial charge in [-0.1, -0.05) is 77.8 Å². The van der Waals surface area contributed by atoms with Crippen LogP contribution in [0.15, 0.2) is 66.7 Å². The van der Waals surface area contributed by atoms with E-state index in [1.165, 1.54) is 11.1 Å². The molecule has 1 heterocycles.